The number of fused-ring (bicyclic) bond motifs is 1. The molecule has 3 nitrogen and oxygen atoms in total. The quantitative estimate of drug-likeness (QED) is 0.897. The topological polar surface area (TPSA) is 43.8 Å². The minimum atomic E-state index is 0.0945. The Bertz CT molecular complexity index is 571. The lowest BCUT2D eigenvalue weighted by atomic mass is 9.74. The van der Waals surface area contributed by atoms with Crippen molar-refractivity contribution in [3.63, 3.8) is 0 Å². The molecule has 0 saturated carbocycles. The van der Waals surface area contributed by atoms with Crippen molar-refractivity contribution in [2.45, 2.75) is 31.7 Å². The van der Waals surface area contributed by atoms with Crippen LogP contribution in [-0.2, 0) is 13.5 Å². The summed E-state index contributed by atoms with van der Waals surface area (Å²) in [5.74, 6) is 0.621. The summed E-state index contributed by atoms with van der Waals surface area (Å²) in [4.78, 5) is 0. The Balaban J connectivity index is 1.74. The smallest absolute Gasteiger partial charge is 0.0641 e. The van der Waals surface area contributed by atoms with Crippen LogP contribution in [0.15, 0.2) is 30.5 Å². The van der Waals surface area contributed by atoms with Crippen LogP contribution in [0, 0.1) is 6.92 Å². The molecule has 0 radical (unpaired) electrons. The first-order valence-electron chi connectivity index (χ1n) is 6.48. The molecule has 3 rings (SSSR count). The normalized spacial score (nSPS) is 19.2. The Morgan fingerprint density at radius 3 is 2.89 bits per heavy atom. The molecular weight excluding hydrogens is 222 g/mol. The Labute approximate surface area is 108 Å². The van der Waals surface area contributed by atoms with E-state index >= 15 is 0 Å². The first-order valence-corrected chi connectivity index (χ1v) is 6.48. The van der Waals surface area contributed by atoms with Crippen LogP contribution >= 0.6 is 0 Å². The van der Waals surface area contributed by atoms with Crippen LogP contribution in [-0.4, -0.2) is 9.78 Å². The van der Waals surface area contributed by atoms with E-state index in [1.165, 1.54) is 23.1 Å². The fourth-order valence-corrected chi connectivity index (χ4v) is 2.99. The highest BCUT2D eigenvalue weighted by Gasteiger charge is 2.28. The van der Waals surface area contributed by atoms with Crippen LogP contribution in [0.3, 0.4) is 0 Å². The van der Waals surface area contributed by atoms with Crippen molar-refractivity contribution in [2.75, 3.05) is 0 Å². The first-order chi connectivity index (χ1) is 8.65. The van der Waals surface area contributed by atoms with Crippen molar-refractivity contribution in [3.05, 3.63) is 52.8 Å². The highest BCUT2D eigenvalue weighted by molar-refractivity contribution is 5.40. The molecule has 3 heteroatoms. The molecule has 1 aliphatic carbocycles. The molecule has 2 unspecified atom stereocenters. The molecule has 0 spiro atoms. The Hall–Kier alpha value is -1.61. The third kappa shape index (κ3) is 1.85. The van der Waals surface area contributed by atoms with Crippen LogP contribution in [0.4, 0.5) is 0 Å². The Kier molecular flexibility index (Phi) is 2.71. The lowest BCUT2D eigenvalue weighted by Gasteiger charge is -2.32. The molecule has 1 aromatic heterocycles. The van der Waals surface area contributed by atoms with Crippen LogP contribution in [0.1, 0.15) is 40.8 Å². The molecule has 0 saturated heterocycles. The summed E-state index contributed by atoms with van der Waals surface area (Å²) in [7, 11) is 1.95. The van der Waals surface area contributed by atoms with Crippen molar-refractivity contribution in [1.29, 1.82) is 0 Å². The number of nitrogens with zero attached hydrogens (tertiary/aromatic N) is 2. The third-order valence-electron chi connectivity index (χ3n) is 3.95. The first kappa shape index (κ1) is 11.5. The summed E-state index contributed by atoms with van der Waals surface area (Å²) in [6, 6.07) is 8.77. The van der Waals surface area contributed by atoms with E-state index in [2.05, 4.69) is 29.4 Å². The van der Waals surface area contributed by atoms with Gasteiger partial charge in [0.15, 0.2) is 0 Å². The highest BCUT2D eigenvalue weighted by Crippen LogP contribution is 2.40. The maximum atomic E-state index is 6.32. The third-order valence-corrected chi connectivity index (χ3v) is 3.95. The van der Waals surface area contributed by atoms with Crippen LogP contribution in [0.25, 0.3) is 0 Å². The van der Waals surface area contributed by atoms with Gasteiger partial charge in [0.2, 0.25) is 0 Å². The van der Waals surface area contributed by atoms with Crippen LogP contribution < -0.4 is 5.73 Å². The number of nitrogens with two attached hydrogens (primary N) is 1. The van der Waals surface area contributed by atoms with Gasteiger partial charge in [-0.15, -0.1) is 0 Å². The average Bonchev–Trinajstić information content (AvgIpc) is 2.65. The van der Waals surface area contributed by atoms with Crippen molar-refractivity contribution >= 4 is 0 Å². The Morgan fingerprint density at radius 1 is 1.44 bits per heavy atom. The van der Waals surface area contributed by atoms with E-state index in [4.69, 9.17) is 5.73 Å². The highest BCUT2D eigenvalue weighted by atomic mass is 15.2. The standard InChI is InChI=1S/C15H19N3/c1-10-14(9-18(2)17-10)15(16)8-12-7-11-5-3-4-6-13(11)12/h3-6,9,12,15H,7-8,16H2,1-2H3. The van der Waals surface area contributed by atoms with Crippen molar-refractivity contribution in [3.8, 4) is 0 Å². The predicted molar refractivity (Wildman–Crippen MR) is 72.4 cm³/mol. The van der Waals surface area contributed by atoms with E-state index in [-0.39, 0.29) is 6.04 Å². The minimum Gasteiger partial charge on any atom is -0.324 e. The molecule has 18 heavy (non-hydrogen) atoms. The molecule has 2 atom stereocenters. The van der Waals surface area contributed by atoms with Gasteiger partial charge in [-0.3, -0.25) is 4.68 Å². The molecule has 0 aliphatic heterocycles. The summed E-state index contributed by atoms with van der Waals surface area (Å²) in [6.45, 7) is 2.03. The molecule has 1 aromatic carbocycles. The number of aryl methyl sites for hydroxylation is 2. The molecule has 0 fully saturated rings. The number of rotatable bonds is 3. The van der Waals surface area contributed by atoms with Gasteiger partial charge < -0.3 is 5.73 Å². The predicted octanol–water partition coefficient (Wildman–Crippen LogP) is 2.46. The number of benzene rings is 1. The summed E-state index contributed by atoms with van der Waals surface area (Å²) >= 11 is 0. The maximum Gasteiger partial charge on any atom is 0.0641 e. The average molecular weight is 241 g/mol. The van der Waals surface area contributed by atoms with Crippen molar-refractivity contribution < 1.29 is 0 Å². The van der Waals surface area contributed by atoms with Crippen molar-refractivity contribution in [1.82, 2.24) is 9.78 Å². The summed E-state index contributed by atoms with van der Waals surface area (Å²) in [5, 5.41) is 4.36. The zero-order valence-electron chi connectivity index (χ0n) is 10.9. The van der Waals surface area contributed by atoms with E-state index in [0.717, 1.165) is 12.1 Å². The molecule has 94 valence electrons. The largest absolute Gasteiger partial charge is 0.324 e. The van der Waals surface area contributed by atoms with Gasteiger partial charge in [0.05, 0.1) is 5.69 Å². The molecule has 1 heterocycles. The second-order valence-corrected chi connectivity index (χ2v) is 5.29. The van der Waals surface area contributed by atoms with E-state index in [1.54, 1.807) is 0 Å². The van der Waals surface area contributed by atoms with Gasteiger partial charge in [0, 0.05) is 24.8 Å². The van der Waals surface area contributed by atoms with Gasteiger partial charge >= 0.3 is 0 Å². The van der Waals surface area contributed by atoms with Gasteiger partial charge in [0.25, 0.3) is 0 Å². The molecule has 0 bridgehead atoms. The molecule has 0 amide bonds. The SMILES string of the molecule is Cc1nn(C)cc1C(N)CC1Cc2ccccc21. The Morgan fingerprint density at radius 2 is 2.22 bits per heavy atom. The van der Waals surface area contributed by atoms with Gasteiger partial charge in [0.1, 0.15) is 0 Å². The molecule has 2 N–H and O–H groups in total. The molecule has 2 aromatic rings. The number of aromatic nitrogens is 2. The van der Waals surface area contributed by atoms with Gasteiger partial charge in [-0.05, 0) is 36.8 Å². The molecule has 1 aliphatic rings. The van der Waals surface area contributed by atoms with Crippen LogP contribution in [0.5, 0.6) is 0 Å². The monoisotopic (exact) mass is 241 g/mol. The zero-order chi connectivity index (χ0) is 12.7. The van der Waals surface area contributed by atoms with E-state index in [1.807, 2.05) is 24.9 Å². The van der Waals surface area contributed by atoms with Gasteiger partial charge in [-0.1, -0.05) is 24.3 Å². The number of hydrogen-bond donors (Lipinski definition) is 1. The van der Waals surface area contributed by atoms with E-state index in [9.17, 15) is 0 Å². The van der Waals surface area contributed by atoms with Crippen LogP contribution in [0.2, 0.25) is 0 Å². The second-order valence-electron chi connectivity index (χ2n) is 5.29. The number of hydrogen-bond acceptors (Lipinski definition) is 2. The second kappa shape index (κ2) is 4.25. The fourth-order valence-electron chi connectivity index (χ4n) is 2.99. The lowest BCUT2D eigenvalue weighted by molar-refractivity contribution is 0.497. The summed E-state index contributed by atoms with van der Waals surface area (Å²) < 4.78 is 1.85. The minimum absolute atomic E-state index is 0.0945. The summed E-state index contributed by atoms with van der Waals surface area (Å²) in [6.07, 6.45) is 4.23. The van der Waals surface area contributed by atoms with E-state index in [0.29, 0.717) is 5.92 Å². The summed E-state index contributed by atoms with van der Waals surface area (Å²) in [5.41, 5.74) is 11.5. The molecular formula is C15H19N3. The zero-order valence-corrected chi connectivity index (χ0v) is 10.9. The van der Waals surface area contributed by atoms with Crippen molar-refractivity contribution in [2.24, 2.45) is 12.8 Å². The fraction of sp³-hybridized carbons (Fsp3) is 0.400. The van der Waals surface area contributed by atoms with E-state index < -0.39 is 0 Å². The maximum absolute atomic E-state index is 6.32. The van der Waals surface area contributed by atoms with Gasteiger partial charge in [-0.2, -0.15) is 5.10 Å². The van der Waals surface area contributed by atoms with Gasteiger partial charge in [-0.25, -0.2) is 0 Å². The lowest BCUT2D eigenvalue weighted by Crippen LogP contribution is -2.22.